The van der Waals surface area contributed by atoms with Crippen molar-refractivity contribution in [3.05, 3.63) is 51.8 Å². The van der Waals surface area contributed by atoms with Gasteiger partial charge in [-0.3, -0.25) is 9.48 Å². The average molecular weight is 338 g/mol. The topological polar surface area (TPSA) is 38.1 Å². The molecule has 4 nitrogen and oxygen atoms in total. The molecule has 1 heterocycles. The van der Waals surface area contributed by atoms with Gasteiger partial charge in [-0.25, -0.2) is 0 Å². The summed E-state index contributed by atoms with van der Waals surface area (Å²) in [4.78, 5) is 14.3. The van der Waals surface area contributed by atoms with Crippen LogP contribution >= 0.6 is 23.2 Å². The molecule has 1 saturated carbocycles. The van der Waals surface area contributed by atoms with E-state index in [0.29, 0.717) is 17.5 Å². The lowest BCUT2D eigenvalue weighted by Gasteiger charge is -2.17. The Labute approximate surface area is 139 Å². The van der Waals surface area contributed by atoms with Crippen molar-refractivity contribution >= 4 is 29.1 Å². The summed E-state index contributed by atoms with van der Waals surface area (Å²) in [6, 6.07) is 7.74. The van der Waals surface area contributed by atoms with Crippen molar-refractivity contribution < 1.29 is 4.79 Å². The van der Waals surface area contributed by atoms with Gasteiger partial charge in [0.25, 0.3) is 0 Å². The Balaban J connectivity index is 1.64. The lowest BCUT2D eigenvalue weighted by molar-refractivity contribution is -0.131. The lowest BCUT2D eigenvalue weighted by Crippen LogP contribution is -2.29. The van der Waals surface area contributed by atoms with Gasteiger partial charge in [-0.2, -0.15) is 5.10 Å². The molecule has 0 aliphatic heterocycles. The Morgan fingerprint density at radius 1 is 1.36 bits per heavy atom. The monoisotopic (exact) mass is 337 g/mol. The number of amides is 1. The van der Waals surface area contributed by atoms with Crippen molar-refractivity contribution in [2.24, 2.45) is 13.0 Å². The average Bonchev–Trinajstić information content (AvgIpc) is 3.24. The fraction of sp³-hybridized carbons (Fsp3) is 0.375. The van der Waals surface area contributed by atoms with Crippen molar-refractivity contribution in [3.8, 4) is 0 Å². The summed E-state index contributed by atoms with van der Waals surface area (Å²) in [5, 5.41) is 5.40. The molecule has 1 aliphatic rings. The number of carbonyl (C=O) groups is 1. The van der Waals surface area contributed by atoms with Crippen LogP contribution < -0.4 is 0 Å². The molecule has 22 heavy (non-hydrogen) atoms. The molecular formula is C16H17Cl2N3O. The number of rotatable bonds is 4. The molecule has 1 aromatic heterocycles. The molecule has 3 rings (SSSR count). The fourth-order valence-electron chi connectivity index (χ4n) is 2.75. The van der Waals surface area contributed by atoms with Crippen molar-refractivity contribution in [3.63, 3.8) is 0 Å². The van der Waals surface area contributed by atoms with Crippen LogP contribution in [0, 0.1) is 5.92 Å². The highest BCUT2D eigenvalue weighted by atomic mass is 35.5. The zero-order chi connectivity index (χ0) is 15.9. The zero-order valence-electron chi connectivity index (χ0n) is 12.5. The van der Waals surface area contributed by atoms with Gasteiger partial charge in [0.05, 0.1) is 23.5 Å². The molecule has 0 spiro atoms. The third-order valence-electron chi connectivity index (χ3n) is 4.18. The summed E-state index contributed by atoms with van der Waals surface area (Å²) >= 11 is 12.0. The van der Waals surface area contributed by atoms with E-state index >= 15 is 0 Å². The molecule has 1 aliphatic carbocycles. The first kappa shape index (κ1) is 15.4. The fourth-order valence-corrected chi connectivity index (χ4v) is 3.10. The van der Waals surface area contributed by atoms with Crippen molar-refractivity contribution in [2.45, 2.75) is 18.9 Å². The minimum absolute atomic E-state index is 0.0539. The maximum Gasteiger partial charge on any atom is 0.226 e. The molecule has 6 heteroatoms. The van der Waals surface area contributed by atoms with E-state index in [-0.39, 0.29) is 11.8 Å². The minimum atomic E-state index is 0.0539. The zero-order valence-corrected chi connectivity index (χ0v) is 14.0. The van der Waals surface area contributed by atoms with Crippen LogP contribution in [-0.4, -0.2) is 27.6 Å². The number of hydrogen-bond acceptors (Lipinski definition) is 2. The molecule has 2 unspecified atom stereocenters. The van der Waals surface area contributed by atoms with Crippen LogP contribution in [0.4, 0.5) is 0 Å². The molecule has 0 radical (unpaired) electrons. The summed E-state index contributed by atoms with van der Waals surface area (Å²) in [6.07, 6.45) is 2.49. The maximum atomic E-state index is 12.5. The second kappa shape index (κ2) is 5.94. The molecule has 1 amide bonds. The largest absolute Gasteiger partial charge is 0.340 e. The number of aromatic nitrogens is 2. The molecule has 0 N–H and O–H groups in total. The third kappa shape index (κ3) is 2.99. The number of halogens is 2. The highest BCUT2D eigenvalue weighted by molar-refractivity contribution is 6.31. The van der Waals surface area contributed by atoms with Gasteiger partial charge in [0.15, 0.2) is 0 Å². The molecule has 1 aromatic carbocycles. The summed E-state index contributed by atoms with van der Waals surface area (Å²) in [5.74, 6) is 0.504. The SMILES string of the molecule is CN(Cc1c(Cl)cnn1C)C(=O)C1CC1c1ccc(Cl)cc1. The number of nitrogens with zero attached hydrogens (tertiary/aromatic N) is 3. The Bertz CT molecular complexity index is 676. The quantitative estimate of drug-likeness (QED) is 0.856. The summed E-state index contributed by atoms with van der Waals surface area (Å²) in [7, 11) is 3.63. The molecular weight excluding hydrogens is 321 g/mol. The normalized spacial score (nSPS) is 20.0. The predicted molar refractivity (Wildman–Crippen MR) is 87.0 cm³/mol. The molecule has 1 fully saturated rings. The van der Waals surface area contributed by atoms with Gasteiger partial charge in [-0.15, -0.1) is 0 Å². The van der Waals surface area contributed by atoms with Crippen molar-refractivity contribution in [1.82, 2.24) is 14.7 Å². The standard InChI is InChI=1S/C16H17Cl2N3O/c1-20(9-15-14(18)8-19-21(15)2)16(22)13-7-12(13)10-3-5-11(17)6-4-10/h3-6,8,12-13H,7,9H2,1-2H3. The Morgan fingerprint density at radius 2 is 2.05 bits per heavy atom. The van der Waals surface area contributed by atoms with Gasteiger partial charge in [-0.1, -0.05) is 35.3 Å². The number of aryl methyl sites for hydroxylation is 1. The van der Waals surface area contributed by atoms with Crippen LogP contribution in [0.1, 0.15) is 23.6 Å². The van der Waals surface area contributed by atoms with E-state index in [2.05, 4.69) is 5.10 Å². The second-order valence-corrected chi connectivity index (χ2v) is 6.60. The number of hydrogen-bond donors (Lipinski definition) is 0. The highest BCUT2D eigenvalue weighted by Crippen LogP contribution is 2.48. The van der Waals surface area contributed by atoms with E-state index in [9.17, 15) is 4.79 Å². The van der Waals surface area contributed by atoms with E-state index in [1.54, 1.807) is 15.8 Å². The van der Waals surface area contributed by atoms with Gasteiger partial charge in [0.2, 0.25) is 5.91 Å². The smallest absolute Gasteiger partial charge is 0.226 e. The Kier molecular flexibility index (Phi) is 4.15. The Morgan fingerprint density at radius 3 is 2.64 bits per heavy atom. The Hall–Kier alpha value is -1.52. The lowest BCUT2D eigenvalue weighted by atomic mass is 10.1. The van der Waals surface area contributed by atoms with E-state index in [4.69, 9.17) is 23.2 Å². The first-order chi connectivity index (χ1) is 10.5. The third-order valence-corrected chi connectivity index (χ3v) is 4.75. The minimum Gasteiger partial charge on any atom is -0.340 e. The summed E-state index contributed by atoms with van der Waals surface area (Å²) in [6.45, 7) is 0.470. The van der Waals surface area contributed by atoms with Crippen molar-refractivity contribution in [1.29, 1.82) is 0 Å². The molecule has 0 bridgehead atoms. The van der Waals surface area contributed by atoms with Crippen LogP contribution in [0.3, 0.4) is 0 Å². The van der Waals surface area contributed by atoms with E-state index in [1.807, 2.05) is 38.4 Å². The predicted octanol–water partition coefficient (Wildman–Crippen LogP) is 3.49. The summed E-state index contributed by atoms with van der Waals surface area (Å²) < 4.78 is 1.70. The molecule has 2 aromatic rings. The number of carbonyl (C=O) groups excluding carboxylic acids is 1. The first-order valence-corrected chi connectivity index (χ1v) is 7.89. The summed E-state index contributed by atoms with van der Waals surface area (Å²) in [5.41, 5.74) is 2.02. The van der Waals surface area contributed by atoms with E-state index < -0.39 is 0 Å². The van der Waals surface area contributed by atoms with Gasteiger partial charge in [-0.05, 0) is 30.0 Å². The van der Waals surface area contributed by atoms with Gasteiger partial charge >= 0.3 is 0 Å². The van der Waals surface area contributed by atoms with Crippen molar-refractivity contribution in [2.75, 3.05) is 7.05 Å². The van der Waals surface area contributed by atoms with Crippen LogP contribution in [0.2, 0.25) is 10.0 Å². The molecule has 116 valence electrons. The van der Waals surface area contributed by atoms with Gasteiger partial charge in [0, 0.05) is 25.0 Å². The van der Waals surface area contributed by atoms with Crippen LogP contribution in [0.15, 0.2) is 30.5 Å². The van der Waals surface area contributed by atoms with Gasteiger partial charge < -0.3 is 4.90 Å². The van der Waals surface area contributed by atoms with E-state index in [1.165, 1.54) is 5.56 Å². The maximum absolute atomic E-state index is 12.5. The van der Waals surface area contributed by atoms with Crippen LogP contribution in [0.25, 0.3) is 0 Å². The van der Waals surface area contributed by atoms with Crippen LogP contribution in [-0.2, 0) is 18.4 Å². The number of benzene rings is 1. The van der Waals surface area contributed by atoms with Gasteiger partial charge in [0.1, 0.15) is 0 Å². The van der Waals surface area contributed by atoms with Crippen LogP contribution in [0.5, 0.6) is 0 Å². The van der Waals surface area contributed by atoms with E-state index in [0.717, 1.165) is 17.1 Å². The molecule has 0 saturated heterocycles. The molecule has 2 atom stereocenters. The highest BCUT2D eigenvalue weighted by Gasteiger charge is 2.45. The first-order valence-electron chi connectivity index (χ1n) is 7.14. The second-order valence-electron chi connectivity index (χ2n) is 5.76.